The van der Waals surface area contributed by atoms with Crippen molar-refractivity contribution < 1.29 is 14.7 Å². The van der Waals surface area contributed by atoms with E-state index >= 15 is 0 Å². The van der Waals surface area contributed by atoms with E-state index in [0.717, 1.165) is 0 Å². The minimum atomic E-state index is -0.528. The summed E-state index contributed by atoms with van der Waals surface area (Å²) in [5, 5.41) is 11.2. The molecular weight excluding hydrogens is 98.0 g/mol. The van der Waals surface area contributed by atoms with Gasteiger partial charge in [0.2, 0.25) is 0 Å². The van der Waals surface area contributed by atoms with Gasteiger partial charge in [0.1, 0.15) is 0 Å². The van der Waals surface area contributed by atoms with E-state index in [0.29, 0.717) is 0 Å². The van der Waals surface area contributed by atoms with Crippen LogP contribution in [0.5, 0.6) is 0 Å². The van der Waals surface area contributed by atoms with Crippen molar-refractivity contribution in [1.82, 2.24) is 0 Å². The minimum absolute atomic E-state index is 0.119. The molecule has 0 spiro atoms. The topological polar surface area (TPSA) is 58.9 Å². The number of Topliss-reactive ketones (excluding diaryl/α,β-unsaturated/α-hetero) is 1. The summed E-state index contributed by atoms with van der Waals surface area (Å²) in [4.78, 5) is 14.2. The van der Waals surface area contributed by atoms with Gasteiger partial charge < -0.3 is 9.94 Å². The Morgan fingerprint density at radius 2 is 2.57 bits per heavy atom. The molecule has 0 aliphatic carbocycles. The summed E-state index contributed by atoms with van der Waals surface area (Å²) >= 11 is 0. The molecule has 0 aromatic rings. The van der Waals surface area contributed by atoms with Crippen LogP contribution < -0.4 is 0 Å². The molecule has 1 rings (SSSR count). The number of ketones is 1. The number of nitrogens with zero attached hydrogens (tertiary/aromatic N) is 1. The van der Waals surface area contributed by atoms with Crippen LogP contribution in [-0.2, 0) is 9.63 Å². The van der Waals surface area contributed by atoms with Crippen LogP contribution in [0.3, 0.4) is 0 Å². The van der Waals surface area contributed by atoms with Gasteiger partial charge in [-0.3, -0.25) is 4.79 Å². The van der Waals surface area contributed by atoms with E-state index in [1.807, 2.05) is 0 Å². The van der Waals surface area contributed by atoms with Crippen LogP contribution in [-0.4, -0.2) is 23.4 Å². The Bertz CT molecular complexity index is 128. The van der Waals surface area contributed by atoms with Gasteiger partial charge in [-0.25, -0.2) is 0 Å². The molecule has 0 amide bonds. The molecule has 0 bridgehead atoms. The molecule has 0 atom stereocenters. The van der Waals surface area contributed by atoms with Gasteiger partial charge in [-0.1, -0.05) is 0 Å². The maximum absolute atomic E-state index is 10.1. The molecule has 1 aliphatic heterocycles. The molecule has 38 valence electrons. The number of aliphatic hydroxyl groups is 1. The summed E-state index contributed by atoms with van der Waals surface area (Å²) < 4.78 is 0. The zero-order chi connectivity index (χ0) is 5.28. The predicted octanol–water partition coefficient (Wildman–Crippen LogP) is -0.543. The monoisotopic (exact) mass is 101 g/mol. The summed E-state index contributed by atoms with van der Waals surface area (Å²) in [6.07, 6.45) is 0. The fourth-order valence-electron chi connectivity index (χ4n) is 0.268. The highest BCUT2D eigenvalue weighted by molar-refractivity contribution is 6.36. The number of aliphatic hydroxyl groups excluding tert-OH is 1. The molecule has 1 aliphatic rings. The first-order valence-corrected chi connectivity index (χ1v) is 1.73. The number of oxime groups is 1. The Hall–Kier alpha value is -1.06. The zero-order valence-electron chi connectivity index (χ0n) is 3.42. The first-order chi connectivity index (χ1) is 3.30. The Kier molecular flexibility index (Phi) is 0.714. The molecule has 0 fully saturated rings. The third-order valence-electron chi connectivity index (χ3n) is 0.596. The lowest BCUT2D eigenvalue weighted by Crippen LogP contribution is -2.09. The number of rotatable bonds is 0. The lowest BCUT2D eigenvalue weighted by molar-refractivity contribution is -0.115. The third-order valence-corrected chi connectivity index (χ3v) is 0.596. The number of carbonyl (C=O) groups excluding carboxylic acids is 1. The van der Waals surface area contributed by atoms with Gasteiger partial charge >= 0.3 is 0 Å². The molecule has 0 aromatic heterocycles. The fourth-order valence-corrected chi connectivity index (χ4v) is 0.268. The minimum Gasteiger partial charge on any atom is -0.489 e. The summed E-state index contributed by atoms with van der Waals surface area (Å²) in [5.41, 5.74) is 0. The highest BCUT2D eigenvalue weighted by Gasteiger charge is 2.16. The molecule has 1 N–H and O–H groups in total. The van der Waals surface area contributed by atoms with Gasteiger partial charge in [-0.05, 0) is 5.16 Å². The second kappa shape index (κ2) is 1.22. The van der Waals surface area contributed by atoms with Crippen LogP contribution in [0.15, 0.2) is 5.16 Å². The van der Waals surface area contributed by atoms with Gasteiger partial charge in [-0.15, -0.1) is 0 Å². The van der Waals surface area contributed by atoms with Crippen molar-refractivity contribution in [3.8, 4) is 0 Å². The number of hydrogen-bond donors (Lipinski definition) is 1. The molecule has 1 heterocycles. The van der Waals surface area contributed by atoms with E-state index in [1.165, 1.54) is 0 Å². The van der Waals surface area contributed by atoms with Gasteiger partial charge in [-0.2, -0.15) is 0 Å². The normalized spacial score (nSPS) is 18.9. The molecule has 0 saturated heterocycles. The van der Waals surface area contributed by atoms with Crippen molar-refractivity contribution in [2.45, 2.75) is 0 Å². The molecule has 4 heteroatoms. The summed E-state index contributed by atoms with van der Waals surface area (Å²) in [6, 6.07) is 0. The van der Waals surface area contributed by atoms with Crippen molar-refractivity contribution in [1.29, 1.82) is 0 Å². The van der Waals surface area contributed by atoms with E-state index < -0.39 is 11.7 Å². The molecule has 0 saturated carbocycles. The molecule has 0 unspecified atom stereocenters. The quantitative estimate of drug-likeness (QED) is 0.445. The maximum Gasteiger partial charge on any atom is 0.295 e. The average molecular weight is 101 g/mol. The lowest BCUT2D eigenvalue weighted by atomic mass is 10.4. The summed E-state index contributed by atoms with van der Waals surface area (Å²) in [7, 11) is 0. The smallest absolute Gasteiger partial charge is 0.295 e. The largest absolute Gasteiger partial charge is 0.489 e. The van der Waals surface area contributed by atoms with Gasteiger partial charge in [0.05, 0.1) is 0 Å². The summed E-state index contributed by atoms with van der Waals surface area (Å²) in [6.45, 7) is -0.119. The molecule has 4 nitrogen and oxygen atoms in total. The van der Waals surface area contributed by atoms with E-state index in [-0.39, 0.29) is 6.61 Å². The SMILES string of the molecule is O=C1CON=C1O. The van der Waals surface area contributed by atoms with Crippen molar-refractivity contribution in [2.75, 3.05) is 6.61 Å². The van der Waals surface area contributed by atoms with Crippen molar-refractivity contribution in [3.63, 3.8) is 0 Å². The third kappa shape index (κ3) is 0.534. The standard InChI is InChI=1S/C3H3NO3/c5-2-1-7-4-3(2)6/h1H2,(H,4,6). The van der Waals surface area contributed by atoms with Crippen LogP contribution in [0.25, 0.3) is 0 Å². The molecule has 7 heavy (non-hydrogen) atoms. The van der Waals surface area contributed by atoms with Gasteiger partial charge in [0.25, 0.3) is 11.7 Å². The first kappa shape index (κ1) is 4.11. The van der Waals surface area contributed by atoms with E-state index in [9.17, 15) is 4.79 Å². The van der Waals surface area contributed by atoms with E-state index in [1.54, 1.807) is 0 Å². The first-order valence-electron chi connectivity index (χ1n) is 1.73. The highest BCUT2D eigenvalue weighted by Crippen LogP contribution is 1.90. The Balaban J connectivity index is 2.72. The maximum atomic E-state index is 10.1. The average Bonchev–Trinajstić information content (AvgIpc) is 1.91. The van der Waals surface area contributed by atoms with Gasteiger partial charge in [0.15, 0.2) is 6.61 Å². The second-order valence-corrected chi connectivity index (χ2v) is 1.11. The zero-order valence-corrected chi connectivity index (χ0v) is 3.42. The van der Waals surface area contributed by atoms with Crippen molar-refractivity contribution >= 4 is 11.7 Å². The Morgan fingerprint density at radius 1 is 1.86 bits per heavy atom. The van der Waals surface area contributed by atoms with Crippen LogP contribution in [0.2, 0.25) is 0 Å². The summed E-state index contributed by atoms with van der Waals surface area (Å²) in [5.74, 6) is -0.986. The van der Waals surface area contributed by atoms with Crippen molar-refractivity contribution in [3.05, 3.63) is 0 Å². The van der Waals surface area contributed by atoms with E-state index in [2.05, 4.69) is 9.99 Å². The predicted molar refractivity (Wildman–Crippen MR) is 21.0 cm³/mol. The van der Waals surface area contributed by atoms with E-state index in [4.69, 9.17) is 5.11 Å². The fraction of sp³-hybridized carbons (Fsp3) is 0.333. The molecule has 0 aromatic carbocycles. The Morgan fingerprint density at radius 3 is 2.71 bits per heavy atom. The second-order valence-electron chi connectivity index (χ2n) is 1.11. The lowest BCUT2D eigenvalue weighted by Gasteiger charge is -1.74. The van der Waals surface area contributed by atoms with Crippen LogP contribution >= 0.6 is 0 Å². The number of carbonyl (C=O) groups is 1. The van der Waals surface area contributed by atoms with Crippen LogP contribution in [0.1, 0.15) is 0 Å². The molecular formula is C3H3NO3. The Labute approximate surface area is 39.4 Å². The highest BCUT2D eigenvalue weighted by atomic mass is 16.6. The van der Waals surface area contributed by atoms with Crippen LogP contribution in [0.4, 0.5) is 0 Å². The van der Waals surface area contributed by atoms with Gasteiger partial charge in [0, 0.05) is 0 Å². The van der Waals surface area contributed by atoms with Crippen LogP contribution in [0, 0.1) is 0 Å². The van der Waals surface area contributed by atoms with Crippen molar-refractivity contribution in [2.24, 2.45) is 5.16 Å². The number of hydrogen-bond acceptors (Lipinski definition) is 3. The molecule has 0 radical (unpaired) electrons.